The van der Waals surface area contributed by atoms with Gasteiger partial charge in [0.2, 0.25) is 15.9 Å². The molecule has 1 aliphatic rings. The van der Waals surface area contributed by atoms with E-state index in [0.29, 0.717) is 6.54 Å². The van der Waals surface area contributed by atoms with Gasteiger partial charge in [-0.3, -0.25) is 4.79 Å². The second-order valence-corrected chi connectivity index (χ2v) is 5.44. The largest absolute Gasteiger partial charge is 0.353 e. The van der Waals surface area contributed by atoms with Crippen LogP contribution >= 0.6 is 12.4 Å². The first-order valence-corrected chi connectivity index (χ1v) is 6.84. The van der Waals surface area contributed by atoms with Gasteiger partial charge in [-0.15, -0.1) is 12.4 Å². The maximum absolute atomic E-state index is 11.4. The zero-order valence-corrected chi connectivity index (χ0v) is 10.8. The molecule has 3 N–H and O–H groups in total. The Morgan fingerprint density at radius 3 is 2.62 bits per heavy atom. The van der Waals surface area contributed by atoms with Gasteiger partial charge in [-0.1, -0.05) is 0 Å². The first-order valence-electron chi connectivity index (χ1n) is 4.95. The van der Waals surface area contributed by atoms with Crippen LogP contribution in [0.25, 0.3) is 0 Å². The lowest BCUT2D eigenvalue weighted by atomic mass is 10.2. The first kappa shape index (κ1) is 15.6. The van der Waals surface area contributed by atoms with Crippen molar-refractivity contribution in [3.05, 3.63) is 0 Å². The third-order valence-electron chi connectivity index (χ3n) is 2.17. The average molecular weight is 272 g/mol. The number of hydrogen-bond acceptors (Lipinski definition) is 4. The average Bonchev–Trinajstić information content (AvgIpc) is 2.63. The third kappa shape index (κ3) is 6.26. The molecule has 1 rings (SSSR count). The minimum Gasteiger partial charge on any atom is -0.353 e. The summed E-state index contributed by atoms with van der Waals surface area (Å²) < 4.78 is 23.7. The Kier molecular flexibility index (Phi) is 6.89. The molecule has 0 aromatic carbocycles. The molecule has 0 aromatic rings. The summed E-state index contributed by atoms with van der Waals surface area (Å²) in [5.74, 6) is -0.0530. The van der Waals surface area contributed by atoms with Crippen molar-refractivity contribution >= 4 is 28.3 Å². The summed E-state index contributed by atoms with van der Waals surface area (Å²) in [6, 6.07) is -0.108. The Hall–Kier alpha value is -0.370. The Labute approximate surface area is 102 Å². The maximum Gasteiger partial charge on any atom is 0.237 e. The monoisotopic (exact) mass is 271 g/mol. The van der Waals surface area contributed by atoms with Crippen molar-refractivity contribution in [1.29, 1.82) is 0 Å². The molecule has 0 aliphatic carbocycles. The summed E-state index contributed by atoms with van der Waals surface area (Å²) in [6.07, 6.45) is 2.96. The number of hydrogen-bond donors (Lipinski definition) is 3. The molecule has 1 heterocycles. The van der Waals surface area contributed by atoms with Crippen molar-refractivity contribution < 1.29 is 13.2 Å². The number of carbonyl (C=O) groups excluding carboxylic acids is 1. The molecule has 6 nitrogen and oxygen atoms in total. The highest BCUT2D eigenvalue weighted by molar-refractivity contribution is 7.88. The van der Waals surface area contributed by atoms with Gasteiger partial charge in [-0.25, -0.2) is 13.1 Å². The van der Waals surface area contributed by atoms with Crippen LogP contribution in [0, 0.1) is 0 Å². The number of rotatable bonds is 5. The van der Waals surface area contributed by atoms with Crippen LogP contribution in [0.5, 0.6) is 0 Å². The smallest absolute Gasteiger partial charge is 0.237 e. The molecular weight excluding hydrogens is 254 g/mol. The summed E-state index contributed by atoms with van der Waals surface area (Å²) in [4.78, 5) is 11.4. The molecule has 1 fully saturated rings. The van der Waals surface area contributed by atoms with Crippen LogP contribution in [0.15, 0.2) is 0 Å². The Balaban J connectivity index is 0.00000225. The lowest BCUT2D eigenvalue weighted by molar-refractivity contribution is -0.122. The Bertz CT molecular complexity index is 314. The van der Waals surface area contributed by atoms with Crippen LogP contribution in [0.4, 0.5) is 0 Å². The summed E-state index contributed by atoms with van der Waals surface area (Å²) in [5.41, 5.74) is 0. The van der Waals surface area contributed by atoms with Crippen LogP contribution in [0.2, 0.25) is 0 Å². The molecule has 1 atom stereocenters. The molecule has 0 bridgehead atoms. The fourth-order valence-electron chi connectivity index (χ4n) is 1.45. The Morgan fingerprint density at radius 1 is 1.44 bits per heavy atom. The molecule has 1 amide bonds. The van der Waals surface area contributed by atoms with E-state index in [1.807, 2.05) is 0 Å². The Morgan fingerprint density at radius 2 is 2.12 bits per heavy atom. The molecule has 16 heavy (non-hydrogen) atoms. The molecule has 0 spiro atoms. The quantitative estimate of drug-likeness (QED) is 0.550. The molecule has 1 saturated heterocycles. The lowest BCUT2D eigenvalue weighted by Gasteiger charge is -2.10. The molecule has 0 saturated carbocycles. The predicted octanol–water partition coefficient (Wildman–Crippen LogP) is -1.17. The number of carbonyl (C=O) groups is 1. The number of halogens is 1. The predicted molar refractivity (Wildman–Crippen MR) is 64.1 cm³/mol. The zero-order chi connectivity index (χ0) is 11.3. The van der Waals surface area contributed by atoms with Gasteiger partial charge in [0.1, 0.15) is 0 Å². The second kappa shape index (κ2) is 7.05. The van der Waals surface area contributed by atoms with Gasteiger partial charge < -0.3 is 10.6 Å². The van der Waals surface area contributed by atoms with Crippen molar-refractivity contribution in [3.63, 3.8) is 0 Å². The fraction of sp³-hybridized carbons (Fsp3) is 0.875. The van der Waals surface area contributed by atoms with Crippen LogP contribution < -0.4 is 15.4 Å². The van der Waals surface area contributed by atoms with E-state index in [1.54, 1.807) is 0 Å². The molecule has 0 radical (unpaired) electrons. The maximum atomic E-state index is 11.4. The zero-order valence-electron chi connectivity index (χ0n) is 9.15. The molecule has 8 heteroatoms. The number of sulfonamides is 1. The van der Waals surface area contributed by atoms with E-state index in [9.17, 15) is 13.2 Å². The minimum absolute atomic E-state index is 0. The second-order valence-electron chi connectivity index (χ2n) is 3.61. The standard InChI is InChI=1S/C8H17N3O3S.ClH/c1-15(13,14)11-6-5-10-8(12)7-3-2-4-9-7;/h7,9,11H,2-6H2,1H3,(H,10,12);1H. The minimum atomic E-state index is -3.16. The molecular formula is C8H18ClN3O3S. The van der Waals surface area contributed by atoms with E-state index >= 15 is 0 Å². The normalized spacial score (nSPS) is 20.2. The van der Waals surface area contributed by atoms with Crippen LogP contribution in [0.1, 0.15) is 12.8 Å². The first-order chi connectivity index (χ1) is 6.99. The van der Waals surface area contributed by atoms with Crippen molar-refractivity contribution in [3.8, 4) is 0 Å². The van der Waals surface area contributed by atoms with Crippen molar-refractivity contribution in [2.75, 3.05) is 25.9 Å². The van der Waals surface area contributed by atoms with Gasteiger partial charge in [-0.05, 0) is 19.4 Å². The van der Waals surface area contributed by atoms with Gasteiger partial charge in [0, 0.05) is 13.1 Å². The van der Waals surface area contributed by atoms with Gasteiger partial charge in [0.25, 0.3) is 0 Å². The van der Waals surface area contributed by atoms with Gasteiger partial charge in [0.15, 0.2) is 0 Å². The van der Waals surface area contributed by atoms with E-state index < -0.39 is 10.0 Å². The highest BCUT2D eigenvalue weighted by Gasteiger charge is 2.21. The van der Waals surface area contributed by atoms with Gasteiger partial charge >= 0.3 is 0 Å². The topological polar surface area (TPSA) is 87.3 Å². The van der Waals surface area contributed by atoms with E-state index in [4.69, 9.17) is 0 Å². The molecule has 1 aliphatic heterocycles. The van der Waals surface area contributed by atoms with Crippen LogP contribution in [-0.4, -0.2) is 46.3 Å². The SMILES string of the molecule is CS(=O)(=O)NCCNC(=O)C1CCCN1.Cl. The van der Waals surface area contributed by atoms with E-state index in [1.165, 1.54) is 0 Å². The molecule has 1 unspecified atom stereocenters. The highest BCUT2D eigenvalue weighted by atomic mass is 35.5. The number of amides is 1. The molecule has 0 aromatic heterocycles. The molecule has 96 valence electrons. The fourth-order valence-corrected chi connectivity index (χ4v) is 1.93. The summed E-state index contributed by atoms with van der Waals surface area (Å²) >= 11 is 0. The summed E-state index contributed by atoms with van der Waals surface area (Å²) in [6.45, 7) is 1.43. The van der Waals surface area contributed by atoms with Crippen LogP contribution in [0.3, 0.4) is 0 Å². The van der Waals surface area contributed by atoms with Crippen LogP contribution in [-0.2, 0) is 14.8 Å². The lowest BCUT2D eigenvalue weighted by Crippen LogP contribution is -2.43. The summed E-state index contributed by atoms with van der Waals surface area (Å²) in [5, 5.41) is 5.73. The van der Waals surface area contributed by atoms with Crippen molar-refractivity contribution in [2.24, 2.45) is 0 Å². The van der Waals surface area contributed by atoms with Gasteiger partial charge in [-0.2, -0.15) is 0 Å². The summed E-state index contributed by atoms with van der Waals surface area (Å²) in [7, 11) is -3.16. The highest BCUT2D eigenvalue weighted by Crippen LogP contribution is 2.03. The number of nitrogens with one attached hydrogen (secondary N) is 3. The van der Waals surface area contributed by atoms with Crippen molar-refractivity contribution in [2.45, 2.75) is 18.9 Å². The van der Waals surface area contributed by atoms with Crippen molar-refractivity contribution in [1.82, 2.24) is 15.4 Å². The van der Waals surface area contributed by atoms with E-state index in [-0.39, 0.29) is 30.9 Å². The van der Waals surface area contributed by atoms with E-state index in [0.717, 1.165) is 25.6 Å². The van der Waals surface area contributed by atoms with E-state index in [2.05, 4.69) is 15.4 Å². The van der Waals surface area contributed by atoms with Gasteiger partial charge in [0.05, 0.1) is 12.3 Å². The third-order valence-corrected chi connectivity index (χ3v) is 2.89.